The number of halogens is 2. The molecule has 0 aromatic rings. The minimum absolute atomic E-state index is 0.0168. The first-order chi connectivity index (χ1) is 18.1. The van der Waals surface area contributed by atoms with E-state index in [4.69, 9.17) is 44.9 Å². The molecule has 0 aliphatic rings. The molecular weight excluding hydrogens is 795 g/mol. The summed E-state index contributed by atoms with van der Waals surface area (Å²) >= 11 is -8.66. The van der Waals surface area contributed by atoms with Crippen molar-refractivity contribution in [3.63, 3.8) is 0 Å². The van der Waals surface area contributed by atoms with Crippen LogP contribution in [0, 0.1) is 0 Å². The van der Waals surface area contributed by atoms with Crippen LogP contribution in [0.2, 0.25) is 13.3 Å². The Labute approximate surface area is 248 Å². The van der Waals surface area contributed by atoms with E-state index >= 15 is 0 Å². The van der Waals surface area contributed by atoms with Crippen LogP contribution >= 0.6 is 35.0 Å². The van der Waals surface area contributed by atoms with Gasteiger partial charge in [-0.25, -0.2) is 0 Å². The fraction of sp³-hybridized carbons (Fsp3) is 0.909. The Morgan fingerprint density at radius 3 is 1.61 bits per heavy atom. The van der Waals surface area contributed by atoms with Crippen molar-refractivity contribution in [1.29, 1.82) is 0 Å². The van der Waals surface area contributed by atoms with Crippen LogP contribution in [0.1, 0.15) is 86.0 Å². The molecule has 226 valence electrons. The molecule has 0 aliphatic carbocycles. The van der Waals surface area contributed by atoms with Crippen molar-refractivity contribution in [2.45, 2.75) is 99.3 Å². The zero-order valence-electron chi connectivity index (χ0n) is 23.4. The van der Waals surface area contributed by atoms with Crippen LogP contribution in [-0.4, -0.2) is 79.0 Å². The van der Waals surface area contributed by atoms with Crippen LogP contribution in [0.15, 0.2) is 0 Å². The molecule has 1 N–H and O–H groups in total. The van der Waals surface area contributed by atoms with Gasteiger partial charge in [-0.3, -0.25) is 0 Å². The summed E-state index contributed by atoms with van der Waals surface area (Å²) in [5, 5.41) is 0. The molecule has 0 aliphatic heterocycles. The molecule has 38 heavy (non-hydrogen) atoms. The van der Waals surface area contributed by atoms with Gasteiger partial charge in [-0.05, 0) is 0 Å². The van der Waals surface area contributed by atoms with Crippen molar-refractivity contribution in [3.8, 4) is 0 Å². The SMILES string of the molecule is CCCCOP(OCCCC)[O][Sn]([Cl])([CH2]CCC)[O]P(O)[O][Sn]([Cl])([CH2]CC(=O)OCC)[CH2]CC(=O)OCC. The summed E-state index contributed by atoms with van der Waals surface area (Å²) < 4.78 is 40.5. The van der Waals surface area contributed by atoms with E-state index in [0.29, 0.717) is 17.7 Å². The summed E-state index contributed by atoms with van der Waals surface area (Å²) in [6.45, 7) is 11.0. The number of esters is 2. The summed E-state index contributed by atoms with van der Waals surface area (Å²) in [6, 6.07) is 0. The van der Waals surface area contributed by atoms with Gasteiger partial charge >= 0.3 is 250 Å². The van der Waals surface area contributed by atoms with Gasteiger partial charge in [0, 0.05) is 0 Å². The molecule has 0 saturated carbocycles. The van der Waals surface area contributed by atoms with E-state index in [9.17, 15) is 14.5 Å². The second kappa shape index (κ2) is 24.2. The van der Waals surface area contributed by atoms with Gasteiger partial charge in [0.25, 0.3) is 0 Å². The minimum atomic E-state index is -4.44. The Morgan fingerprint density at radius 1 is 0.711 bits per heavy atom. The first-order valence-corrected chi connectivity index (χ1v) is 32.4. The van der Waals surface area contributed by atoms with Crippen LogP contribution in [0.5, 0.6) is 0 Å². The van der Waals surface area contributed by atoms with Crippen molar-refractivity contribution < 1.29 is 41.6 Å². The molecule has 0 bridgehead atoms. The van der Waals surface area contributed by atoms with E-state index < -0.39 is 64.9 Å². The molecule has 0 amide bonds. The monoisotopic (exact) mass is 842 g/mol. The predicted octanol–water partition coefficient (Wildman–Crippen LogP) is 7.68. The van der Waals surface area contributed by atoms with Gasteiger partial charge in [0.15, 0.2) is 0 Å². The van der Waals surface area contributed by atoms with E-state index in [1.54, 1.807) is 13.8 Å². The van der Waals surface area contributed by atoms with Crippen molar-refractivity contribution in [2.24, 2.45) is 0 Å². The van der Waals surface area contributed by atoms with Gasteiger partial charge in [-0.2, -0.15) is 0 Å². The van der Waals surface area contributed by atoms with E-state index in [1.165, 1.54) is 0 Å². The van der Waals surface area contributed by atoms with Gasteiger partial charge in [0.05, 0.1) is 0 Å². The van der Waals surface area contributed by atoms with E-state index in [1.807, 2.05) is 6.92 Å². The van der Waals surface area contributed by atoms with Gasteiger partial charge in [0.2, 0.25) is 0 Å². The van der Waals surface area contributed by atoms with Crippen molar-refractivity contribution in [1.82, 2.24) is 0 Å². The van der Waals surface area contributed by atoms with Crippen molar-refractivity contribution >= 4 is 82.7 Å². The second-order valence-corrected chi connectivity index (χ2v) is 36.6. The number of hydrogen-bond acceptors (Lipinski definition) is 10. The predicted molar refractivity (Wildman–Crippen MR) is 156 cm³/mol. The Balaban J connectivity index is 5.52. The average Bonchev–Trinajstić information content (AvgIpc) is 2.85. The summed E-state index contributed by atoms with van der Waals surface area (Å²) in [5.74, 6) is -0.846. The molecule has 0 heterocycles. The fourth-order valence-electron chi connectivity index (χ4n) is 2.80. The summed E-state index contributed by atoms with van der Waals surface area (Å²) in [5.41, 5.74) is 0. The standard InChI is InChI=1S/C8H18O3P.2C5H9O2.C4H9.2ClH.HO3P.2Sn/c1-3-5-7-10-12(9)11-8-6-4-2;2*1-3-5(6)7-4-2;1-3-4-2;;;1-4(2)3;;/h3-8H2,1-2H3;2*1,3-4H2,2H3;1,3-4H2,2H3;2*1H;1H;;/q-1;;;;;;-2;+2;+3/p-2. The molecule has 0 saturated heterocycles. The van der Waals surface area contributed by atoms with E-state index in [0.717, 1.165) is 38.5 Å². The number of carbonyl (C=O) groups excluding carboxylic acids is 2. The zero-order chi connectivity index (χ0) is 28.9. The third kappa shape index (κ3) is 20.6. The molecule has 16 heteroatoms. The number of hydrogen-bond donors (Lipinski definition) is 1. The normalized spacial score (nSPS) is 14.3. The van der Waals surface area contributed by atoms with Gasteiger partial charge in [-0.1, -0.05) is 0 Å². The van der Waals surface area contributed by atoms with Crippen molar-refractivity contribution in [2.75, 3.05) is 26.4 Å². The Bertz CT molecular complexity index is 613. The van der Waals surface area contributed by atoms with E-state index in [-0.39, 0.29) is 34.9 Å². The Kier molecular flexibility index (Phi) is 25.3. The molecule has 0 aromatic heterocycles. The van der Waals surface area contributed by atoms with Crippen LogP contribution in [-0.2, 0) is 36.7 Å². The summed E-state index contributed by atoms with van der Waals surface area (Å²) in [6.07, 6.45) is 5.23. The average molecular weight is 841 g/mol. The molecule has 0 radical (unpaired) electrons. The maximum atomic E-state index is 12.0. The van der Waals surface area contributed by atoms with E-state index in [2.05, 4.69) is 13.8 Å². The molecule has 0 rings (SSSR count). The summed E-state index contributed by atoms with van der Waals surface area (Å²) in [7, 11) is 9.53. The first-order valence-electron chi connectivity index (χ1n) is 13.4. The van der Waals surface area contributed by atoms with Gasteiger partial charge in [0.1, 0.15) is 0 Å². The fourth-order valence-corrected chi connectivity index (χ4v) is 30.3. The molecule has 10 nitrogen and oxygen atoms in total. The summed E-state index contributed by atoms with van der Waals surface area (Å²) in [4.78, 5) is 34.8. The number of unbranched alkanes of at least 4 members (excludes halogenated alkanes) is 3. The van der Waals surface area contributed by atoms with Crippen LogP contribution in [0.3, 0.4) is 0 Å². The molecular formula is C22H46Cl2O10P2Sn2. The molecule has 2 unspecified atom stereocenters. The zero-order valence-corrected chi connectivity index (χ0v) is 32.4. The second-order valence-electron chi connectivity index (χ2n) is 8.37. The Morgan fingerprint density at radius 2 is 1.18 bits per heavy atom. The number of rotatable bonds is 25. The molecule has 2 atom stereocenters. The number of carbonyl (C=O) groups is 2. The topological polar surface area (TPSA) is 119 Å². The number of ether oxygens (including phenoxy) is 2. The first kappa shape index (κ1) is 39.7. The van der Waals surface area contributed by atoms with Crippen LogP contribution in [0.25, 0.3) is 0 Å². The maximum absolute atomic E-state index is 12.0. The van der Waals surface area contributed by atoms with Crippen LogP contribution < -0.4 is 0 Å². The molecule has 0 fully saturated rings. The van der Waals surface area contributed by atoms with Gasteiger partial charge < -0.3 is 0 Å². The van der Waals surface area contributed by atoms with Crippen molar-refractivity contribution in [3.05, 3.63) is 0 Å². The van der Waals surface area contributed by atoms with Crippen LogP contribution in [0.4, 0.5) is 0 Å². The third-order valence-corrected chi connectivity index (χ3v) is 34.8. The third-order valence-electron chi connectivity index (χ3n) is 4.90. The Hall–Kier alpha value is 1.74. The molecule has 0 spiro atoms. The quantitative estimate of drug-likeness (QED) is 0.0425. The molecule has 0 aromatic carbocycles. The van der Waals surface area contributed by atoms with Gasteiger partial charge in [-0.15, -0.1) is 0 Å².